The fourth-order valence-corrected chi connectivity index (χ4v) is 1.55. The minimum atomic E-state index is -4.57. The van der Waals surface area contributed by atoms with E-state index in [1.165, 1.54) is 24.5 Å². The van der Waals surface area contributed by atoms with E-state index in [0.717, 1.165) is 12.1 Å². The van der Waals surface area contributed by atoms with Crippen molar-refractivity contribution in [3.05, 3.63) is 59.4 Å². The SMILES string of the molecule is O=C(c1ccncc1)c1cc(C(F)(F)F)ccc1O. The molecule has 98 valence electrons. The molecule has 1 heterocycles. The zero-order valence-electron chi connectivity index (χ0n) is 9.48. The number of hydrogen-bond donors (Lipinski definition) is 1. The number of rotatable bonds is 2. The Balaban J connectivity index is 2.48. The molecule has 0 bridgehead atoms. The Hall–Kier alpha value is -2.37. The second-order valence-electron chi connectivity index (χ2n) is 3.79. The highest BCUT2D eigenvalue weighted by molar-refractivity contribution is 6.10. The number of benzene rings is 1. The predicted molar refractivity (Wildman–Crippen MR) is 60.8 cm³/mol. The third kappa shape index (κ3) is 2.73. The van der Waals surface area contributed by atoms with E-state index in [9.17, 15) is 23.1 Å². The minimum absolute atomic E-state index is 0.157. The Bertz CT molecular complexity index is 609. The molecule has 2 rings (SSSR count). The monoisotopic (exact) mass is 267 g/mol. The number of carbonyl (C=O) groups is 1. The van der Waals surface area contributed by atoms with Crippen molar-refractivity contribution in [2.45, 2.75) is 6.18 Å². The molecule has 0 atom stereocenters. The molecule has 0 amide bonds. The number of pyridine rings is 1. The molecule has 1 aromatic heterocycles. The molecule has 0 spiro atoms. The third-order valence-corrected chi connectivity index (χ3v) is 2.51. The quantitative estimate of drug-likeness (QED) is 0.851. The summed E-state index contributed by atoms with van der Waals surface area (Å²) in [5.41, 5.74) is -1.21. The van der Waals surface area contributed by atoms with E-state index in [1.54, 1.807) is 0 Å². The number of hydrogen-bond acceptors (Lipinski definition) is 3. The summed E-state index contributed by atoms with van der Waals surface area (Å²) in [6, 6.07) is 4.94. The molecule has 0 aliphatic heterocycles. The molecule has 0 fully saturated rings. The molecule has 3 nitrogen and oxygen atoms in total. The third-order valence-electron chi connectivity index (χ3n) is 2.51. The number of alkyl halides is 3. The number of phenolic OH excluding ortho intramolecular Hbond substituents is 1. The van der Waals surface area contributed by atoms with Crippen molar-refractivity contribution in [1.82, 2.24) is 4.98 Å². The van der Waals surface area contributed by atoms with Gasteiger partial charge in [-0.15, -0.1) is 0 Å². The smallest absolute Gasteiger partial charge is 0.416 e. The van der Waals surface area contributed by atoms with E-state index in [2.05, 4.69) is 4.98 Å². The highest BCUT2D eigenvalue weighted by Crippen LogP contribution is 2.32. The first kappa shape index (κ1) is 13.1. The number of carbonyl (C=O) groups excluding carboxylic acids is 1. The second-order valence-corrected chi connectivity index (χ2v) is 3.79. The molecule has 0 aliphatic carbocycles. The topological polar surface area (TPSA) is 50.2 Å². The fraction of sp³-hybridized carbons (Fsp3) is 0.0769. The largest absolute Gasteiger partial charge is 0.507 e. The Labute approximate surface area is 106 Å². The van der Waals surface area contributed by atoms with E-state index in [-0.39, 0.29) is 11.1 Å². The van der Waals surface area contributed by atoms with Gasteiger partial charge in [0.25, 0.3) is 0 Å². The van der Waals surface area contributed by atoms with Crippen LogP contribution in [0.15, 0.2) is 42.7 Å². The van der Waals surface area contributed by atoms with Crippen molar-refractivity contribution in [1.29, 1.82) is 0 Å². The maximum absolute atomic E-state index is 12.6. The molecule has 0 saturated heterocycles. The molecule has 0 saturated carbocycles. The molecular formula is C13H8F3NO2. The van der Waals surface area contributed by atoms with Gasteiger partial charge in [-0.2, -0.15) is 13.2 Å². The van der Waals surface area contributed by atoms with Crippen LogP contribution in [0, 0.1) is 0 Å². The van der Waals surface area contributed by atoms with Crippen molar-refractivity contribution >= 4 is 5.78 Å². The standard InChI is InChI=1S/C13H8F3NO2/c14-13(15,16)9-1-2-11(18)10(7-9)12(19)8-3-5-17-6-4-8/h1-7,18H. The van der Waals surface area contributed by atoms with Crippen LogP contribution >= 0.6 is 0 Å². The van der Waals surface area contributed by atoms with Crippen LogP contribution in [-0.2, 0) is 6.18 Å². The Kier molecular flexibility index (Phi) is 3.25. The summed E-state index contributed by atoms with van der Waals surface area (Å²) >= 11 is 0. The normalized spacial score (nSPS) is 11.3. The molecule has 19 heavy (non-hydrogen) atoms. The van der Waals surface area contributed by atoms with Crippen molar-refractivity contribution in [2.75, 3.05) is 0 Å². The minimum Gasteiger partial charge on any atom is -0.507 e. The lowest BCUT2D eigenvalue weighted by Crippen LogP contribution is -2.08. The van der Waals surface area contributed by atoms with Crippen molar-refractivity contribution in [3.8, 4) is 5.75 Å². The van der Waals surface area contributed by atoms with Gasteiger partial charge in [-0.05, 0) is 30.3 Å². The second kappa shape index (κ2) is 4.72. The van der Waals surface area contributed by atoms with Crippen LogP contribution in [0.2, 0.25) is 0 Å². The lowest BCUT2D eigenvalue weighted by atomic mass is 10.0. The molecule has 2 aromatic rings. The van der Waals surface area contributed by atoms with Crippen LogP contribution in [0.25, 0.3) is 0 Å². The van der Waals surface area contributed by atoms with Gasteiger partial charge in [-0.25, -0.2) is 0 Å². The van der Waals surface area contributed by atoms with Gasteiger partial charge in [0.05, 0.1) is 11.1 Å². The number of aromatic nitrogens is 1. The summed E-state index contributed by atoms with van der Waals surface area (Å²) in [5, 5.41) is 9.53. The number of halogens is 3. The van der Waals surface area contributed by atoms with Gasteiger partial charge in [-0.1, -0.05) is 0 Å². The van der Waals surface area contributed by atoms with Gasteiger partial charge in [0, 0.05) is 18.0 Å². The average Bonchev–Trinajstić information content (AvgIpc) is 2.38. The van der Waals surface area contributed by atoms with E-state index in [1.807, 2.05) is 0 Å². The van der Waals surface area contributed by atoms with Crippen molar-refractivity contribution in [3.63, 3.8) is 0 Å². The molecule has 6 heteroatoms. The first-order valence-electron chi connectivity index (χ1n) is 5.24. The van der Waals surface area contributed by atoms with E-state index in [4.69, 9.17) is 0 Å². The van der Waals surface area contributed by atoms with Gasteiger partial charge in [-0.3, -0.25) is 9.78 Å². The Morgan fingerprint density at radius 1 is 1.11 bits per heavy atom. The molecule has 1 aromatic carbocycles. The maximum atomic E-state index is 12.6. The van der Waals surface area contributed by atoms with E-state index < -0.39 is 23.3 Å². The first-order chi connectivity index (χ1) is 8.89. The average molecular weight is 267 g/mol. The van der Waals surface area contributed by atoms with Crippen LogP contribution < -0.4 is 0 Å². The van der Waals surface area contributed by atoms with Crippen molar-refractivity contribution < 1.29 is 23.1 Å². The molecule has 1 N–H and O–H groups in total. The molecule has 0 radical (unpaired) electrons. The summed E-state index contributed by atoms with van der Waals surface area (Å²) in [5.74, 6) is -1.18. The lowest BCUT2D eigenvalue weighted by Gasteiger charge is -2.09. The van der Waals surface area contributed by atoms with Crippen LogP contribution in [0.5, 0.6) is 5.75 Å². The molecular weight excluding hydrogens is 259 g/mol. The summed E-state index contributed by atoms with van der Waals surface area (Å²) in [7, 11) is 0. The molecule has 0 unspecified atom stereocenters. The highest BCUT2D eigenvalue weighted by atomic mass is 19.4. The molecule has 0 aliphatic rings. The van der Waals surface area contributed by atoms with Gasteiger partial charge < -0.3 is 5.11 Å². The first-order valence-corrected chi connectivity index (χ1v) is 5.24. The van der Waals surface area contributed by atoms with Gasteiger partial charge in [0.2, 0.25) is 0 Å². The Morgan fingerprint density at radius 2 is 1.74 bits per heavy atom. The van der Waals surface area contributed by atoms with Crippen molar-refractivity contribution in [2.24, 2.45) is 0 Å². The van der Waals surface area contributed by atoms with Gasteiger partial charge in [0.15, 0.2) is 5.78 Å². The van der Waals surface area contributed by atoms with Crippen LogP contribution in [0.3, 0.4) is 0 Å². The predicted octanol–water partition coefficient (Wildman–Crippen LogP) is 3.04. The number of ketones is 1. The summed E-state index contributed by atoms with van der Waals surface area (Å²) in [6.45, 7) is 0. The zero-order valence-corrected chi connectivity index (χ0v) is 9.48. The summed E-state index contributed by atoms with van der Waals surface area (Å²) in [6.07, 6.45) is -1.88. The van der Waals surface area contributed by atoms with E-state index in [0.29, 0.717) is 6.07 Å². The van der Waals surface area contributed by atoms with Crippen LogP contribution in [0.4, 0.5) is 13.2 Å². The summed E-state index contributed by atoms with van der Waals surface area (Å²) < 4.78 is 37.7. The maximum Gasteiger partial charge on any atom is 0.416 e. The van der Waals surface area contributed by atoms with Gasteiger partial charge >= 0.3 is 6.18 Å². The number of nitrogens with zero attached hydrogens (tertiary/aromatic N) is 1. The van der Waals surface area contributed by atoms with Crippen LogP contribution in [0.1, 0.15) is 21.5 Å². The summed E-state index contributed by atoms with van der Waals surface area (Å²) in [4.78, 5) is 15.7. The number of phenols is 1. The Morgan fingerprint density at radius 3 is 2.32 bits per heavy atom. The lowest BCUT2D eigenvalue weighted by molar-refractivity contribution is -0.137. The highest BCUT2D eigenvalue weighted by Gasteiger charge is 2.31. The van der Waals surface area contributed by atoms with Gasteiger partial charge in [0.1, 0.15) is 5.75 Å². The van der Waals surface area contributed by atoms with Crippen LogP contribution in [-0.4, -0.2) is 15.9 Å². The zero-order chi connectivity index (χ0) is 14.0. The van der Waals surface area contributed by atoms with E-state index >= 15 is 0 Å². The number of aromatic hydroxyl groups is 1. The fourth-order valence-electron chi connectivity index (χ4n) is 1.55.